The molecule has 0 spiro atoms. The quantitative estimate of drug-likeness (QED) is 0.623. The van der Waals surface area contributed by atoms with Crippen LogP contribution in [-0.2, 0) is 12.8 Å². The number of nitrogens with one attached hydrogen (secondary N) is 1. The lowest BCUT2D eigenvalue weighted by atomic mass is 9.83. The lowest BCUT2D eigenvalue weighted by molar-refractivity contribution is 0.410. The molecule has 5 heteroatoms. The molecule has 0 aromatic carbocycles. The molecule has 2 aromatic heterocycles. The Hall–Kier alpha value is -1.62. The third kappa shape index (κ3) is 1.31. The molecule has 0 unspecified atom stereocenters. The number of nitrogen functional groups attached to an aromatic ring is 1. The average Bonchev–Trinajstić information content (AvgIpc) is 2.88. The molecule has 94 valence electrons. The molecule has 3 N–H and O–H groups in total. The van der Waals surface area contributed by atoms with E-state index in [-0.39, 0.29) is 0 Å². The van der Waals surface area contributed by atoms with Crippen LogP contribution in [0.25, 0.3) is 5.65 Å². The number of hydrogen-bond donors (Lipinski definition) is 2. The fourth-order valence-electron chi connectivity index (χ4n) is 3.06. The van der Waals surface area contributed by atoms with Crippen LogP contribution < -0.4 is 11.3 Å². The molecule has 2 aromatic rings. The topological polar surface area (TPSA) is 68.2 Å². The van der Waals surface area contributed by atoms with Crippen molar-refractivity contribution >= 4 is 11.5 Å². The van der Waals surface area contributed by atoms with E-state index in [9.17, 15) is 0 Å². The Balaban J connectivity index is 1.92. The van der Waals surface area contributed by atoms with Gasteiger partial charge in [-0.25, -0.2) is 10.8 Å². The summed E-state index contributed by atoms with van der Waals surface area (Å²) in [6, 6.07) is 2.13. The second kappa shape index (κ2) is 3.68. The molecule has 1 saturated carbocycles. The zero-order valence-electron chi connectivity index (χ0n) is 10.3. The van der Waals surface area contributed by atoms with E-state index in [4.69, 9.17) is 15.9 Å². The summed E-state index contributed by atoms with van der Waals surface area (Å²) < 4.78 is 1.89. The molecule has 1 fully saturated rings. The Morgan fingerprint density at radius 1 is 1.28 bits per heavy atom. The van der Waals surface area contributed by atoms with Crippen LogP contribution in [0.1, 0.15) is 48.6 Å². The Bertz CT molecular complexity index is 611. The highest BCUT2D eigenvalue weighted by Crippen LogP contribution is 2.37. The summed E-state index contributed by atoms with van der Waals surface area (Å²) in [7, 11) is 0. The van der Waals surface area contributed by atoms with Gasteiger partial charge in [0.1, 0.15) is 5.82 Å². The van der Waals surface area contributed by atoms with Gasteiger partial charge in [-0.2, -0.15) is 9.61 Å². The fourth-order valence-corrected chi connectivity index (χ4v) is 3.06. The highest BCUT2D eigenvalue weighted by atomic mass is 15.4. The third-order valence-electron chi connectivity index (χ3n) is 4.31. The first-order valence-electron chi connectivity index (χ1n) is 6.75. The minimum Gasteiger partial charge on any atom is -0.308 e. The van der Waals surface area contributed by atoms with Crippen LogP contribution in [0.2, 0.25) is 0 Å². The smallest absolute Gasteiger partial charge is 0.157 e. The molecule has 0 radical (unpaired) electrons. The maximum atomic E-state index is 5.68. The molecule has 0 saturated heterocycles. The average molecular weight is 243 g/mol. The normalized spacial score (nSPS) is 18.9. The maximum absolute atomic E-state index is 5.68. The van der Waals surface area contributed by atoms with Crippen molar-refractivity contribution in [2.24, 2.45) is 5.84 Å². The summed E-state index contributed by atoms with van der Waals surface area (Å²) in [5, 5.41) is 4.69. The van der Waals surface area contributed by atoms with E-state index in [0.29, 0.717) is 5.92 Å². The second-order valence-corrected chi connectivity index (χ2v) is 5.35. The van der Waals surface area contributed by atoms with Crippen LogP contribution in [0.15, 0.2) is 6.07 Å². The summed E-state index contributed by atoms with van der Waals surface area (Å²) in [5.74, 6) is 7.24. The van der Waals surface area contributed by atoms with E-state index in [1.54, 1.807) is 0 Å². The molecule has 2 aliphatic carbocycles. The van der Waals surface area contributed by atoms with Crippen molar-refractivity contribution < 1.29 is 0 Å². The van der Waals surface area contributed by atoms with Crippen molar-refractivity contribution in [2.75, 3.05) is 5.43 Å². The van der Waals surface area contributed by atoms with Crippen LogP contribution in [0.3, 0.4) is 0 Å². The monoisotopic (exact) mass is 243 g/mol. The van der Waals surface area contributed by atoms with Crippen LogP contribution >= 0.6 is 0 Å². The predicted molar refractivity (Wildman–Crippen MR) is 69.4 cm³/mol. The van der Waals surface area contributed by atoms with Gasteiger partial charge in [0.25, 0.3) is 0 Å². The second-order valence-electron chi connectivity index (χ2n) is 5.35. The molecule has 0 bridgehead atoms. The van der Waals surface area contributed by atoms with Gasteiger partial charge in [0.05, 0.1) is 5.69 Å². The summed E-state index contributed by atoms with van der Waals surface area (Å²) in [6.45, 7) is 0. The number of anilines is 1. The van der Waals surface area contributed by atoms with Gasteiger partial charge in [0, 0.05) is 23.2 Å². The first-order valence-corrected chi connectivity index (χ1v) is 6.75. The molecular weight excluding hydrogens is 226 g/mol. The van der Waals surface area contributed by atoms with Crippen molar-refractivity contribution in [3.8, 4) is 0 Å². The van der Waals surface area contributed by atoms with E-state index >= 15 is 0 Å². The van der Waals surface area contributed by atoms with Gasteiger partial charge in [0.2, 0.25) is 0 Å². The number of aryl methyl sites for hydroxylation is 1. The van der Waals surface area contributed by atoms with Gasteiger partial charge < -0.3 is 5.43 Å². The molecule has 2 aliphatic rings. The first kappa shape index (κ1) is 10.3. The third-order valence-corrected chi connectivity index (χ3v) is 4.31. The summed E-state index contributed by atoms with van der Waals surface area (Å²) >= 11 is 0. The molecule has 0 amide bonds. The predicted octanol–water partition coefficient (Wildman–Crippen LogP) is 1.77. The highest BCUT2D eigenvalue weighted by Gasteiger charge is 2.25. The Morgan fingerprint density at radius 3 is 2.89 bits per heavy atom. The standard InChI is InChI=1S/C13H17N5/c14-16-13-9-5-2-6-10(9)15-12-7-11(17-18(12)13)8-3-1-4-8/h7-8,16H,1-6,14H2. The molecule has 0 atom stereocenters. The Labute approximate surface area is 105 Å². The van der Waals surface area contributed by atoms with Gasteiger partial charge in [-0.3, -0.25) is 0 Å². The van der Waals surface area contributed by atoms with Crippen molar-refractivity contribution in [2.45, 2.75) is 44.4 Å². The minimum atomic E-state index is 0.632. The number of hydrogen-bond acceptors (Lipinski definition) is 4. The Morgan fingerprint density at radius 2 is 2.17 bits per heavy atom. The van der Waals surface area contributed by atoms with E-state index < -0.39 is 0 Å². The molecule has 0 aliphatic heterocycles. The van der Waals surface area contributed by atoms with E-state index in [2.05, 4.69) is 11.5 Å². The first-order chi connectivity index (χ1) is 8.86. The molecule has 2 heterocycles. The number of hydrazine groups is 1. The maximum Gasteiger partial charge on any atom is 0.157 e. The van der Waals surface area contributed by atoms with Gasteiger partial charge in [-0.1, -0.05) is 6.42 Å². The van der Waals surface area contributed by atoms with Gasteiger partial charge in [-0.05, 0) is 32.1 Å². The van der Waals surface area contributed by atoms with E-state index in [0.717, 1.165) is 24.3 Å². The van der Waals surface area contributed by atoms with Gasteiger partial charge in [-0.15, -0.1) is 0 Å². The SMILES string of the molecule is NNc1c2c(nc3cc(C4CCC4)nn13)CCC2. The number of fused-ring (bicyclic) bond motifs is 2. The Kier molecular flexibility index (Phi) is 2.11. The lowest BCUT2D eigenvalue weighted by Crippen LogP contribution is -2.15. The summed E-state index contributed by atoms with van der Waals surface area (Å²) in [5.41, 5.74) is 7.36. The highest BCUT2D eigenvalue weighted by molar-refractivity contribution is 5.57. The zero-order valence-corrected chi connectivity index (χ0v) is 10.3. The summed E-state index contributed by atoms with van der Waals surface area (Å²) in [6.07, 6.45) is 7.12. The number of nitrogens with zero attached hydrogens (tertiary/aromatic N) is 3. The molecule has 4 rings (SSSR count). The van der Waals surface area contributed by atoms with Crippen molar-refractivity contribution in [3.63, 3.8) is 0 Å². The number of aromatic nitrogens is 3. The van der Waals surface area contributed by atoms with Gasteiger partial charge in [0.15, 0.2) is 5.65 Å². The van der Waals surface area contributed by atoms with Crippen LogP contribution in [0, 0.1) is 0 Å². The number of rotatable bonds is 2. The van der Waals surface area contributed by atoms with Crippen LogP contribution in [-0.4, -0.2) is 14.6 Å². The lowest BCUT2D eigenvalue weighted by Gasteiger charge is -2.22. The van der Waals surface area contributed by atoms with Crippen molar-refractivity contribution in [1.29, 1.82) is 0 Å². The molecular formula is C13H17N5. The number of nitrogens with two attached hydrogens (primary N) is 1. The van der Waals surface area contributed by atoms with E-state index in [1.165, 1.54) is 42.6 Å². The van der Waals surface area contributed by atoms with Crippen LogP contribution in [0.4, 0.5) is 5.82 Å². The largest absolute Gasteiger partial charge is 0.308 e. The van der Waals surface area contributed by atoms with Crippen molar-refractivity contribution in [3.05, 3.63) is 23.0 Å². The fraction of sp³-hybridized carbons (Fsp3) is 0.538. The molecule has 18 heavy (non-hydrogen) atoms. The van der Waals surface area contributed by atoms with Gasteiger partial charge >= 0.3 is 0 Å². The van der Waals surface area contributed by atoms with Crippen molar-refractivity contribution in [1.82, 2.24) is 14.6 Å². The molecule has 5 nitrogen and oxygen atoms in total. The minimum absolute atomic E-state index is 0.632. The zero-order chi connectivity index (χ0) is 12.1. The van der Waals surface area contributed by atoms with E-state index in [1.807, 2.05) is 4.52 Å². The summed E-state index contributed by atoms with van der Waals surface area (Å²) in [4.78, 5) is 4.73. The van der Waals surface area contributed by atoms with Crippen LogP contribution in [0.5, 0.6) is 0 Å².